The minimum Gasteiger partial charge on any atom is -0.337 e. The molecule has 1 aromatic heterocycles. The molecule has 0 aliphatic heterocycles. The molecule has 0 saturated carbocycles. The number of thiophene rings is 1. The molecule has 0 aliphatic carbocycles. The number of benzene rings is 1. The lowest BCUT2D eigenvalue weighted by Crippen LogP contribution is -2.31. The highest BCUT2D eigenvalue weighted by Gasteiger charge is 2.26. The van der Waals surface area contributed by atoms with Gasteiger partial charge >= 0.3 is 0 Å². The van der Waals surface area contributed by atoms with Gasteiger partial charge in [-0.25, -0.2) is 8.42 Å². The molecule has 0 N–H and O–H groups in total. The van der Waals surface area contributed by atoms with Crippen LogP contribution in [0, 0.1) is 6.92 Å². The lowest BCUT2D eigenvalue weighted by atomic mass is 10.2. The van der Waals surface area contributed by atoms with Crippen LogP contribution in [0.1, 0.15) is 34.6 Å². The number of amides is 1. The largest absolute Gasteiger partial charge is 0.337 e. The SMILES string of the molecule is CCN(CC)S(=O)(=O)c1cc(C(=O)N(C)Cc2sccc2C)ccc1Cl. The number of halogens is 1. The number of nitrogens with zero attached hydrogens (tertiary/aromatic N) is 2. The second-order valence-electron chi connectivity index (χ2n) is 5.92. The molecule has 142 valence electrons. The van der Waals surface area contributed by atoms with Crippen molar-refractivity contribution in [3.63, 3.8) is 0 Å². The molecule has 1 amide bonds. The predicted octanol–water partition coefficient (Wildman–Crippen LogP) is 4.01. The topological polar surface area (TPSA) is 57.7 Å². The van der Waals surface area contributed by atoms with Gasteiger partial charge in [0.2, 0.25) is 10.0 Å². The highest BCUT2D eigenvalue weighted by molar-refractivity contribution is 7.89. The van der Waals surface area contributed by atoms with Crippen LogP contribution >= 0.6 is 22.9 Å². The van der Waals surface area contributed by atoms with Crippen LogP contribution in [-0.2, 0) is 16.6 Å². The number of hydrogen-bond donors (Lipinski definition) is 0. The molecule has 8 heteroatoms. The van der Waals surface area contributed by atoms with Crippen molar-refractivity contribution in [1.29, 1.82) is 0 Å². The standard InChI is InChI=1S/C18H23ClN2O3S2/c1-5-21(6-2)26(23,24)17-11-14(7-8-15(17)19)18(22)20(4)12-16-13(3)9-10-25-16/h7-11H,5-6,12H2,1-4H3. The summed E-state index contributed by atoms with van der Waals surface area (Å²) in [6.07, 6.45) is 0. The molecule has 26 heavy (non-hydrogen) atoms. The van der Waals surface area contributed by atoms with E-state index in [1.54, 1.807) is 43.2 Å². The first-order chi connectivity index (χ1) is 12.2. The maximum atomic E-state index is 12.8. The molecular formula is C18H23ClN2O3S2. The van der Waals surface area contributed by atoms with Gasteiger partial charge < -0.3 is 4.90 Å². The Morgan fingerprint density at radius 2 is 1.85 bits per heavy atom. The third-order valence-corrected chi connectivity index (χ3v) is 7.74. The maximum absolute atomic E-state index is 12.8. The second kappa shape index (κ2) is 8.52. The molecule has 2 aromatic rings. The summed E-state index contributed by atoms with van der Waals surface area (Å²) in [5.41, 5.74) is 1.44. The van der Waals surface area contributed by atoms with E-state index < -0.39 is 10.0 Å². The Morgan fingerprint density at radius 1 is 1.19 bits per heavy atom. The van der Waals surface area contributed by atoms with Crippen LogP contribution in [0.15, 0.2) is 34.5 Å². The van der Waals surface area contributed by atoms with Gasteiger partial charge in [0, 0.05) is 30.6 Å². The van der Waals surface area contributed by atoms with Crippen molar-refractivity contribution in [2.45, 2.75) is 32.2 Å². The van der Waals surface area contributed by atoms with E-state index in [1.807, 2.05) is 18.4 Å². The van der Waals surface area contributed by atoms with Crippen LogP contribution in [0.2, 0.25) is 5.02 Å². The molecule has 0 spiro atoms. The quantitative estimate of drug-likeness (QED) is 0.687. The van der Waals surface area contributed by atoms with Gasteiger partial charge in [-0.15, -0.1) is 11.3 Å². The normalized spacial score (nSPS) is 11.8. The van der Waals surface area contributed by atoms with Crippen molar-refractivity contribution in [2.75, 3.05) is 20.1 Å². The summed E-state index contributed by atoms with van der Waals surface area (Å²) in [4.78, 5) is 15.4. The summed E-state index contributed by atoms with van der Waals surface area (Å²) in [6, 6.07) is 6.41. The summed E-state index contributed by atoms with van der Waals surface area (Å²) in [5, 5.41) is 2.10. The fourth-order valence-electron chi connectivity index (χ4n) is 2.61. The van der Waals surface area contributed by atoms with E-state index in [1.165, 1.54) is 16.4 Å². The van der Waals surface area contributed by atoms with Gasteiger partial charge in [0.25, 0.3) is 5.91 Å². The summed E-state index contributed by atoms with van der Waals surface area (Å²) >= 11 is 7.72. The number of carbonyl (C=O) groups is 1. The molecule has 5 nitrogen and oxygen atoms in total. The van der Waals surface area contributed by atoms with Crippen molar-refractivity contribution in [2.24, 2.45) is 0 Å². The minimum absolute atomic E-state index is 0.0329. The first-order valence-electron chi connectivity index (χ1n) is 8.30. The van der Waals surface area contributed by atoms with E-state index in [2.05, 4.69) is 0 Å². The highest BCUT2D eigenvalue weighted by atomic mass is 35.5. The van der Waals surface area contributed by atoms with Crippen LogP contribution < -0.4 is 0 Å². The van der Waals surface area contributed by atoms with Gasteiger partial charge in [-0.3, -0.25) is 4.79 Å². The van der Waals surface area contributed by atoms with Crippen LogP contribution in [0.3, 0.4) is 0 Å². The zero-order chi connectivity index (χ0) is 19.5. The summed E-state index contributed by atoms with van der Waals surface area (Å²) in [6.45, 7) is 6.68. The zero-order valence-corrected chi connectivity index (χ0v) is 17.7. The summed E-state index contributed by atoms with van der Waals surface area (Å²) in [7, 11) is -2.03. The average Bonchev–Trinajstić information content (AvgIpc) is 3.00. The number of carbonyl (C=O) groups excluding carboxylic acids is 1. The molecule has 0 bridgehead atoms. The molecule has 0 radical (unpaired) electrons. The average molecular weight is 415 g/mol. The van der Waals surface area contributed by atoms with E-state index in [4.69, 9.17) is 11.6 Å². The van der Waals surface area contributed by atoms with E-state index >= 15 is 0 Å². The third kappa shape index (κ3) is 4.28. The molecule has 0 saturated heterocycles. The molecule has 0 atom stereocenters. The first-order valence-corrected chi connectivity index (χ1v) is 11.0. The molecule has 1 aromatic carbocycles. The van der Waals surface area contributed by atoms with E-state index in [0.717, 1.165) is 10.4 Å². The lowest BCUT2D eigenvalue weighted by Gasteiger charge is -2.21. The molecule has 0 unspecified atom stereocenters. The number of sulfonamides is 1. The summed E-state index contributed by atoms with van der Waals surface area (Å²) < 4.78 is 26.9. The Bertz CT molecular complexity index is 890. The number of rotatable bonds is 7. The van der Waals surface area contributed by atoms with E-state index in [9.17, 15) is 13.2 Å². The van der Waals surface area contributed by atoms with E-state index in [-0.39, 0.29) is 15.8 Å². The minimum atomic E-state index is -3.74. The van der Waals surface area contributed by atoms with Gasteiger partial charge in [0.05, 0.1) is 11.6 Å². The zero-order valence-electron chi connectivity index (χ0n) is 15.3. The summed E-state index contributed by atoms with van der Waals surface area (Å²) in [5.74, 6) is -0.245. The third-order valence-electron chi connectivity index (χ3n) is 4.20. The molecule has 0 aliphatic rings. The van der Waals surface area contributed by atoms with Crippen molar-refractivity contribution >= 4 is 38.9 Å². The monoisotopic (exact) mass is 414 g/mol. The Kier molecular flexibility index (Phi) is 6.85. The fraction of sp³-hybridized carbons (Fsp3) is 0.389. The van der Waals surface area contributed by atoms with Crippen molar-refractivity contribution in [1.82, 2.24) is 9.21 Å². The Hall–Kier alpha value is -1.41. The maximum Gasteiger partial charge on any atom is 0.253 e. The van der Waals surface area contributed by atoms with Crippen molar-refractivity contribution in [3.8, 4) is 0 Å². The van der Waals surface area contributed by atoms with Crippen LogP contribution in [0.25, 0.3) is 0 Å². The molecule has 2 rings (SSSR count). The Morgan fingerprint density at radius 3 is 2.38 bits per heavy atom. The first kappa shape index (κ1) is 20.9. The lowest BCUT2D eigenvalue weighted by molar-refractivity contribution is 0.0786. The smallest absolute Gasteiger partial charge is 0.253 e. The van der Waals surface area contributed by atoms with E-state index in [0.29, 0.717) is 25.2 Å². The van der Waals surface area contributed by atoms with Gasteiger partial charge in [-0.1, -0.05) is 25.4 Å². The van der Waals surface area contributed by atoms with Crippen LogP contribution in [0.4, 0.5) is 0 Å². The molecule has 1 heterocycles. The van der Waals surface area contributed by atoms with Gasteiger partial charge in [0.1, 0.15) is 4.90 Å². The molecular weight excluding hydrogens is 392 g/mol. The number of aryl methyl sites for hydroxylation is 1. The fourth-order valence-corrected chi connectivity index (χ4v) is 5.53. The van der Waals surface area contributed by atoms with Gasteiger partial charge in [-0.2, -0.15) is 4.31 Å². The highest BCUT2D eigenvalue weighted by Crippen LogP contribution is 2.27. The van der Waals surface area contributed by atoms with Gasteiger partial charge in [-0.05, 0) is 42.1 Å². The van der Waals surface area contributed by atoms with Crippen molar-refractivity contribution < 1.29 is 13.2 Å². The molecule has 0 fully saturated rings. The van der Waals surface area contributed by atoms with Gasteiger partial charge in [0.15, 0.2) is 0 Å². The number of hydrogen-bond acceptors (Lipinski definition) is 4. The second-order valence-corrected chi connectivity index (χ2v) is 9.24. The Balaban J connectivity index is 2.34. The van der Waals surface area contributed by atoms with Crippen LogP contribution in [-0.4, -0.2) is 43.7 Å². The predicted molar refractivity (Wildman–Crippen MR) is 106 cm³/mol. The van der Waals surface area contributed by atoms with Crippen LogP contribution in [0.5, 0.6) is 0 Å². The Labute approximate surface area is 164 Å². The van der Waals surface area contributed by atoms with Crippen molar-refractivity contribution in [3.05, 3.63) is 50.7 Å².